The van der Waals surface area contributed by atoms with Crippen molar-refractivity contribution in [2.75, 3.05) is 15.5 Å². The molecule has 2 aromatic carbocycles. The molecule has 3 N–H and O–H groups in total. The molecule has 2 atom stereocenters. The molecule has 13 heteroatoms. The molecular formula is C28H24Cl2F3N5O3. The number of hydrogen-bond donors (Lipinski definition) is 2. The first-order valence-electron chi connectivity index (χ1n) is 12.7. The molecule has 1 saturated carbocycles. The van der Waals surface area contributed by atoms with Gasteiger partial charge in [-0.25, -0.2) is 18.2 Å². The quantitative estimate of drug-likeness (QED) is 0.380. The number of anilines is 3. The normalized spacial score (nSPS) is 19.0. The number of rotatable bonds is 7. The zero-order valence-electron chi connectivity index (χ0n) is 21.4. The van der Waals surface area contributed by atoms with Crippen LogP contribution < -0.4 is 20.9 Å². The number of aromatic nitrogens is 1. The van der Waals surface area contributed by atoms with Gasteiger partial charge in [-0.3, -0.25) is 24.2 Å². The van der Waals surface area contributed by atoms with Crippen molar-refractivity contribution in [1.29, 1.82) is 0 Å². The largest absolute Gasteiger partial charge is 0.399 e. The number of halogens is 5. The summed E-state index contributed by atoms with van der Waals surface area (Å²) in [6, 6.07) is 8.71. The maximum atomic E-state index is 14.5. The van der Waals surface area contributed by atoms with Crippen molar-refractivity contribution < 1.29 is 27.6 Å². The van der Waals surface area contributed by atoms with Crippen LogP contribution in [0.5, 0.6) is 0 Å². The monoisotopic (exact) mass is 605 g/mol. The van der Waals surface area contributed by atoms with Gasteiger partial charge in [-0.1, -0.05) is 35.3 Å². The summed E-state index contributed by atoms with van der Waals surface area (Å²) in [6.45, 7) is 0. The van der Waals surface area contributed by atoms with Gasteiger partial charge in [-0.2, -0.15) is 0 Å². The van der Waals surface area contributed by atoms with E-state index in [0.717, 1.165) is 17.0 Å². The van der Waals surface area contributed by atoms with Gasteiger partial charge in [0.05, 0.1) is 0 Å². The van der Waals surface area contributed by atoms with E-state index in [4.69, 9.17) is 28.9 Å². The van der Waals surface area contributed by atoms with E-state index in [-0.39, 0.29) is 40.0 Å². The molecule has 8 nitrogen and oxygen atoms in total. The molecule has 2 heterocycles. The fourth-order valence-electron chi connectivity index (χ4n) is 5.15. The molecule has 214 valence electrons. The fourth-order valence-corrected chi connectivity index (χ4v) is 5.76. The number of amides is 3. The number of nitrogens with zero attached hydrogens (tertiary/aromatic N) is 3. The molecule has 1 aromatic heterocycles. The first kappa shape index (κ1) is 28.7. The molecule has 2 aliphatic rings. The summed E-state index contributed by atoms with van der Waals surface area (Å²) in [5.74, 6) is -5.53. The standard InChI is InChI=1S/C28H24Cl2F3N5O3/c29-19-5-2-6-20(30)24(19)25(26(40)36-17-13-28(32,33)14-17)37(18-4-1-3-15(31)11-18)27(41)21-7-8-23(39)38(21)22-12-16(34)9-10-35-22/h1-6,9-12,17,21,25H,7-8,13-14H2,(H2,34,35)(H,36,40)/t21-,25+/m0/s1. The zero-order valence-corrected chi connectivity index (χ0v) is 22.9. The fraction of sp³-hybridized carbons (Fsp3) is 0.286. The van der Waals surface area contributed by atoms with Crippen LogP contribution in [-0.4, -0.2) is 40.7 Å². The van der Waals surface area contributed by atoms with Gasteiger partial charge in [0.25, 0.3) is 11.8 Å². The van der Waals surface area contributed by atoms with Crippen molar-refractivity contribution >= 4 is 58.1 Å². The Morgan fingerprint density at radius 1 is 1.10 bits per heavy atom. The predicted molar refractivity (Wildman–Crippen MR) is 148 cm³/mol. The molecule has 1 aliphatic carbocycles. The predicted octanol–water partition coefficient (Wildman–Crippen LogP) is 5.29. The maximum Gasteiger partial charge on any atom is 0.252 e. The van der Waals surface area contributed by atoms with Crippen LogP contribution in [0.25, 0.3) is 0 Å². The molecule has 3 amide bonds. The Morgan fingerprint density at radius 2 is 1.78 bits per heavy atom. The van der Waals surface area contributed by atoms with Gasteiger partial charge in [-0.05, 0) is 42.8 Å². The molecule has 0 bridgehead atoms. The molecule has 2 fully saturated rings. The van der Waals surface area contributed by atoms with E-state index in [0.29, 0.717) is 5.69 Å². The Hall–Kier alpha value is -3.83. The molecule has 1 saturated heterocycles. The lowest BCUT2D eigenvalue weighted by atomic mass is 9.87. The second kappa shape index (κ2) is 11.2. The van der Waals surface area contributed by atoms with E-state index >= 15 is 0 Å². The number of benzene rings is 2. The number of hydrogen-bond acceptors (Lipinski definition) is 5. The van der Waals surface area contributed by atoms with Crippen LogP contribution in [-0.2, 0) is 14.4 Å². The number of carbonyl (C=O) groups excluding carboxylic acids is 3. The number of alkyl halides is 2. The summed E-state index contributed by atoms with van der Waals surface area (Å²) in [4.78, 5) is 47.7. The van der Waals surface area contributed by atoms with Crippen LogP contribution >= 0.6 is 23.2 Å². The highest BCUT2D eigenvalue weighted by atomic mass is 35.5. The lowest BCUT2D eigenvalue weighted by Gasteiger charge is -2.39. The molecule has 0 unspecified atom stereocenters. The third-order valence-corrected chi connectivity index (χ3v) is 7.71. The second-order valence-electron chi connectivity index (χ2n) is 9.96. The van der Waals surface area contributed by atoms with E-state index in [2.05, 4.69) is 10.3 Å². The summed E-state index contributed by atoms with van der Waals surface area (Å²) in [5, 5.41) is 2.59. The Morgan fingerprint density at radius 3 is 2.41 bits per heavy atom. The maximum absolute atomic E-state index is 14.5. The Labute approximate surface area is 243 Å². The topological polar surface area (TPSA) is 109 Å². The smallest absolute Gasteiger partial charge is 0.252 e. The molecule has 0 spiro atoms. The SMILES string of the molecule is Nc1ccnc(N2C(=O)CC[C@H]2C(=O)N(c2cccc(F)c2)[C@@H](C(=O)NC2CC(F)(F)C2)c2c(Cl)cccc2Cl)c1. The number of nitrogens with two attached hydrogens (primary N) is 1. The first-order valence-corrected chi connectivity index (χ1v) is 13.4. The zero-order chi connectivity index (χ0) is 29.5. The molecule has 41 heavy (non-hydrogen) atoms. The lowest BCUT2D eigenvalue weighted by Crippen LogP contribution is -2.56. The molecule has 3 aromatic rings. The minimum atomic E-state index is -2.93. The number of nitrogen functional groups attached to an aromatic ring is 1. The molecule has 0 radical (unpaired) electrons. The summed E-state index contributed by atoms with van der Waals surface area (Å²) < 4.78 is 41.8. The third-order valence-electron chi connectivity index (χ3n) is 7.05. The second-order valence-corrected chi connectivity index (χ2v) is 10.8. The Bertz CT molecular complexity index is 1500. The van der Waals surface area contributed by atoms with Gasteiger partial charge < -0.3 is 11.1 Å². The van der Waals surface area contributed by atoms with Gasteiger partial charge in [0.1, 0.15) is 23.7 Å². The van der Waals surface area contributed by atoms with E-state index < -0.39 is 60.4 Å². The average Bonchev–Trinajstić information content (AvgIpc) is 3.28. The highest BCUT2D eigenvalue weighted by Crippen LogP contribution is 2.41. The van der Waals surface area contributed by atoms with Crippen LogP contribution in [0, 0.1) is 5.82 Å². The van der Waals surface area contributed by atoms with Crippen molar-refractivity contribution in [3.63, 3.8) is 0 Å². The van der Waals surface area contributed by atoms with Crippen LogP contribution in [0.3, 0.4) is 0 Å². The van der Waals surface area contributed by atoms with Gasteiger partial charge in [0.2, 0.25) is 11.8 Å². The first-order chi connectivity index (χ1) is 19.4. The van der Waals surface area contributed by atoms with Crippen LogP contribution in [0.15, 0.2) is 60.8 Å². The summed E-state index contributed by atoms with van der Waals surface area (Å²) in [7, 11) is 0. The summed E-state index contributed by atoms with van der Waals surface area (Å²) in [5.41, 5.74) is 6.17. The van der Waals surface area contributed by atoms with Crippen LogP contribution in [0.1, 0.15) is 37.3 Å². The van der Waals surface area contributed by atoms with Crippen molar-refractivity contribution in [3.05, 3.63) is 82.2 Å². The minimum Gasteiger partial charge on any atom is -0.399 e. The van der Waals surface area contributed by atoms with Crippen molar-refractivity contribution in [1.82, 2.24) is 10.3 Å². The lowest BCUT2D eigenvalue weighted by molar-refractivity contribution is -0.133. The highest BCUT2D eigenvalue weighted by molar-refractivity contribution is 6.36. The molecule has 1 aliphatic heterocycles. The molecule has 5 rings (SSSR count). The Balaban J connectivity index is 1.63. The van der Waals surface area contributed by atoms with Gasteiger partial charge in [0, 0.05) is 64.6 Å². The average molecular weight is 606 g/mol. The van der Waals surface area contributed by atoms with Crippen molar-refractivity contribution in [2.24, 2.45) is 0 Å². The third kappa shape index (κ3) is 5.82. The molecular weight excluding hydrogens is 582 g/mol. The Kier molecular flexibility index (Phi) is 7.85. The summed E-state index contributed by atoms with van der Waals surface area (Å²) in [6.07, 6.45) is 0.268. The van der Waals surface area contributed by atoms with Gasteiger partial charge >= 0.3 is 0 Å². The minimum absolute atomic E-state index is 0.00918. The van der Waals surface area contributed by atoms with Gasteiger partial charge in [-0.15, -0.1) is 0 Å². The summed E-state index contributed by atoms with van der Waals surface area (Å²) >= 11 is 13.0. The van der Waals surface area contributed by atoms with Crippen LogP contribution in [0.2, 0.25) is 10.0 Å². The number of carbonyl (C=O) groups is 3. The van der Waals surface area contributed by atoms with Crippen molar-refractivity contribution in [3.8, 4) is 0 Å². The van der Waals surface area contributed by atoms with E-state index in [9.17, 15) is 27.6 Å². The van der Waals surface area contributed by atoms with Gasteiger partial charge in [0.15, 0.2) is 0 Å². The van der Waals surface area contributed by atoms with E-state index in [1.807, 2.05) is 0 Å². The van der Waals surface area contributed by atoms with Crippen molar-refractivity contribution in [2.45, 2.75) is 49.7 Å². The number of pyridine rings is 1. The number of nitrogens with one attached hydrogen (secondary N) is 1. The van der Waals surface area contributed by atoms with E-state index in [1.54, 1.807) is 0 Å². The van der Waals surface area contributed by atoms with E-state index in [1.165, 1.54) is 53.6 Å². The highest BCUT2D eigenvalue weighted by Gasteiger charge is 2.49. The van der Waals surface area contributed by atoms with Crippen LogP contribution in [0.4, 0.5) is 30.4 Å².